The molecule has 2 atom stereocenters. The topological polar surface area (TPSA) is 69.6 Å². The van der Waals surface area contributed by atoms with E-state index in [1.165, 1.54) is 12.8 Å². The van der Waals surface area contributed by atoms with Gasteiger partial charge in [0.2, 0.25) is 0 Å². The van der Waals surface area contributed by atoms with Crippen LogP contribution in [0.4, 0.5) is 0 Å². The van der Waals surface area contributed by atoms with E-state index in [1.54, 1.807) is 0 Å². The maximum absolute atomic E-state index is 10.3. The second kappa shape index (κ2) is 6.80. The van der Waals surface area contributed by atoms with Gasteiger partial charge in [0.05, 0.1) is 0 Å². The molecule has 1 aliphatic rings. The lowest BCUT2D eigenvalue weighted by molar-refractivity contribution is -0.137. The van der Waals surface area contributed by atoms with Crippen molar-refractivity contribution in [3.8, 4) is 0 Å². The van der Waals surface area contributed by atoms with E-state index in [9.17, 15) is 4.79 Å². The van der Waals surface area contributed by atoms with Gasteiger partial charge in [-0.3, -0.25) is 4.79 Å². The average molecular weight is 215 g/mol. The average Bonchev–Trinajstić information content (AvgIpc) is 2.64. The van der Waals surface area contributed by atoms with Crippen molar-refractivity contribution in [2.24, 2.45) is 11.8 Å². The zero-order valence-corrected chi connectivity index (χ0v) is 9.11. The summed E-state index contributed by atoms with van der Waals surface area (Å²) in [7, 11) is 0. The van der Waals surface area contributed by atoms with Gasteiger partial charge in [-0.25, -0.2) is 0 Å². The molecular weight excluding hydrogens is 194 g/mol. The third-order valence-corrected chi connectivity index (χ3v) is 3.20. The number of hydrogen-bond acceptors (Lipinski definition) is 3. The van der Waals surface area contributed by atoms with Crippen molar-refractivity contribution in [3.05, 3.63) is 0 Å². The van der Waals surface area contributed by atoms with Gasteiger partial charge in [0.25, 0.3) is 0 Å². The fraction of sp³-hybridized carbons (Fsp3) is 0.909. The minimum Gasteiger partial charge on any atom is -0.481 e. The second-order valence-corrected chi connectivity index (χ2v) is 4.34. The third kappa shape index (κ3) is 4.62. The summed E-state index contributed by atoms with van der Waals surface area (Å²) in [6, 6.07) is 0. The van der Waals surface area contributed by atoms with Crippen molar-refractivity contribution < 1.29 is 15.0 Å². The van der Waals surface area contributed by atoms with Crippen LogP contribution in [0.1, 0.15) is 32.1 Å². The molecule has 0 bridgehead atoms. The minimum atomic E-state index is -0.731. The summed E-state index contributed by atoms with van der Waals surface area (Å²) in [6.07, 6.45) is 4.47. The zero-order chi connectivity index (χ0) is 11.1. The Hall–Kier alpha value is -0.610. The number of hydrogen-bond donors (Lipinski definition) is 3. The highest BCUT2D eigenvalue weighted by Gasteiger charge is 2.25. The molecule has 88 valence electrons. The van der Waals surface area contributed by atoms with Crippen LogP contribution in [0.5, 0.6) is 0 Å². The Morgan fingerprint density at radius 1 is 1.33 bits per heavy atom. The summed E-state index contributed by atoms with van der Waals surface area (Å²) >= 11 is 0. The van der Waals surface area contributed by atoms with Gasteiger partial charge in [0.1, 0.15) is 0 Å². The summed E-state index contributed by atoms with van der Waals surface area (Å²) in [5.41, 5.74) is 0. The molecule has 0 aromatic rings. The van der Waals surface area contributed by atoms with Crippen molar-refractivity contribution in [2.45, 2.75) is 32.1 Å². The number of nitrogens with one attached hydrogen (secondary N) is 1. The number of aliphatic hydroxyl groups excluding tert-OH is 1. The Labute approximate surface area is 90.7 Å². The standard InChI is InChI=1S/C11H21NO3/c13-8-10-4-1-3-9(10)7-12-6-2-5-11(14)15/h9-10,12-13H,1-8H2,(H,14,15). The van der Waals surface area contributed by atoms with E-state index in [0.717, 1.165) is 19.5 Å². The van der Waals surface area contributed by atoms with Gasteiger partial charge in [-0.1, -0.05) is 6.42 Å². The van der Waals surface area contributed by atoms with E-state index >= 15 is 0 Å². The first-order valence-electron chi connectivity index (χ1n) is 5.77. The van der Waals surface area contributed by atoms with Crippen LogP contribution in [0.25, 0.3) is 0 Å². The summed E-state index contributed by atoms with van der Waals surface area (Å²) in [4.78, 5) is 10.3. The highest BCUT2D eigenvalue weighted by Crippen LogP contribution is 2.30. The number of aliphatic hydroxyl groups is 1. The molecule has 0 aromatic heterocycles. The summed E-state index contributed by atoms with van der Waals surface area (Å²) in [5.74, 6) is 0.308. The third-order valence-electron chi connectivity index (χ3n) is 3.20. The van der Waals surface area contributed by atoms with Crippen LogP contribution >= 0.6 is 0 Å². The van der Waals surface area contributed by atoms with Crippen LogP contribution in [-0.2, 0) is 4.79 Å². The molecule has 0 saturated heterocycles. The lowest BCUT2D eigenvalue weighted by atomic mass is 9.97. The molecule has 0 amide bonds. The maximum Gasteiger partial charge on any atom is 0.303 e. The number of aliphatic carboxylic acids is 1. The van der Waals surface area contributed by atoms with Crippen LogP contribution in [0, 0.1) is 11.8 Å². The van der Waals surface area contributed by atoms with E-state index in [1.807, 2.05) is 0 Å². The predicted octanol–water partition coefficient (Wildman–Crippen LogP) is 0.849. The zero-order valence-electron chi connectivity index (χ0n) is 9.11. The van der Waals surface area contributed by atoms with Crippen LogP contribution in [0.3, 0.4) is 0 Å². The van der Waals surface area contributed by atoms with Crippen molar-refractivity contribution in [1.29, 1.82) is 0 Å². The molecule has 3 N–H and O–H groups in total. The Morgan fingerprint density at radius 3 is 2.73 bits per heavy atom. The first kappa shape index (κ1) is 12.5. The Kier molecular flexibility index (Phi) is 5.65. The fourth-order valence-corrected chi connectivity index (χ4v) is 2.27. The van der Waals surface area contributed by atoms with Crippen LogP contribution in [0.2, 0.25) is 0 Å². The van der Waals surface area contributed by atoms with Gasteiger partial charge >= 0.3 is 5.97 Å². The quantitative estimate of drug-likeness (QED) is 0.551. The summed E-state index contributed by atoms with van der Waals surface area (Å²) in [5, 5.41) is 20.8. The van der Waals surface area contributed by atoms with Crippen molar-refractivity contribution in [2.75, 3.05) is 19.7 Å². The van der Waals surface area contributed by atoms with Gasteiger partial charge in [0, 0.05) is 13.0 Å². The molecule has 15 heavy (non-hydrogen) atoms. The molecule has 2 unspecified atom stereocenters. The molecule has 0 radical (unpaired) electrons. The second-order valence-electron chi connectivity index (χ2n) is 4.34. The van der Waals surface area contributed by atoms with E-state index < -0.39 is 5.97 Å². The molecule has 1 rings (SSSR count). The Balaban J connectivity index is 2.02. The lowest BCUT2D eigenvalue weighted by Crippen LogP contribution is -2.27. The molecule has 4 nitrogen and oxygen atoms in total. The Morgan fingerprint density at radius 2 is 2.07 bits per heavy atom. The molecule has 1 aliphatic carbocycles. The number of carboxylic acids is 1. The van der Waals surface area contributed by atoms with Crippen molar-refractivity contribution in [1.82, 2.24) is 5.32 Å². The molecule has 1 saturated carbocycles. The van der Waals surface area contributed by atoms with Gasteiger partial charge in [-0.15, -0.1) is 0 Å². The molecule has 0 spiro atoms. The largest absolute Gasteiger partial charge is 0.481 e. The van der Waals surface area contributed by atoms with Gasteiger partial charge < -0.3 is 15.5 Å². The number of rotatable bonds is 7. The first-order valence-corrected chi connectivity index (χ1v) is 5.77. The summed E-state index contributed by atoms with van der Waals surface area (Å²) in [6.45, 7) is 1.98. The monoisotopic (exact) mass is 215 g/mol. The first-order chi connectivity index (χ1) is 7.24. The van der Waals surface area contributed by atoms with Crippen molar-refractivity contribution in [3.63, 3.8) is 0 Å². The molecule has 0 aliphatic heterocycles. The fourth-order valence-electron chi connectivity index (χ4n) is 2.27. The van der Waals surface area contributed by atoms with Crippen LogP contribution in [0.15, 0.2) is 0 Å². The smallest absolute Gasteiger partial charge is 0.303 e. The van der Waals surface area contributed by atoms with Crippen LogP contribution < -0.4 is 5.32 Å². The Bertz CT molecular complexity index is 196. The normalized spacial score (nSPS) is 25.7. The lowest BCUT2D eigenvalue weighted by Gasteiger charge is -2.17. The molecule has 1 fully saturated rings. The summed E-state index contributed by atoms with van der Waals surface area (Å²) < 4.78 is 0. The van der Waals surface area contributed by atoms with Gasteiger partial charge in [-0.2, -0.15) is 0 Å². The van der Waals surface area contributed by atoms with Gasteiger partial charge in [0.15, 0.2) is 0 Å². The van der Waals surface area contributed by atoms with Crippen molar-refractivity contribution >= 4 is 5.97 Å². The highest BCUT2D eigenvalue weighted by molar-refractivity contribution is 5.66. The van der Waals surface area contributed by atoms with E-state index in [2.05, 4.69) is 5.32 Å². The minimum absolute atomic E-state index is 0.237. The molecular formula is C11H21NO3. The van der Waals surface area contributed by atoms with Gasteiger partial charge in [-0.05, 0) is 44.2 Å². The number of carbonyl (C=O) groups is 1. The van der Waals surface area contributed by atoms with E-state index in [0.29, 0.717) is 24.9 Å². The predicted molar refractivity (Wildman–Crippen MR) is 57.7 cm³/mol. The molecule has 4 heteroatoms. The van der Waals surface area contributed by atoms with Crippen LogP contribution in [-0.4, -0.2) is 35.9 Å². The maximum atomic E-state index is 10.3. The number of carboxylic acid groups (broad SMARTS) is 1. The van der Waals surface area contributed by atoms with E-state index in [4.69, 9.17) is 10.2 Å². The molecule has 0 aromatic carbocycles. The molecule has 0 heterocycles. The SMILES string of the molecule is O=C(O)CCCNCC1CCCC1CO. The highest BCUT2D eigenvalue weighted by atomic mass is 16.4. The van der Waals surface area contributed by atoms with E-state index in [-0.39, 0.29) is 6.42 Å².